The van der Waals surface area contributed by atoms with Crippen molar-refractivity contribution in [2.75, 3.05) is 13.1 Å². The van der Waals surface area contributed by atoms with E-state index in [0.717, 1.165) is 32.1 Å². The molecular weight excluding hydrogens is 192 g/mol. The van der Waals surface area contributed by atoms with Gasteiger partial charge in [-0.2, -0.15) is 0 Å². The number of nitrogens with two attached hydrogens (primary N) is 1. The van der Waals surface area contributed by atoms with Gasteiger partial charge in [0.05, 0.1) is 11.5 Å². The Kier molecular flexibility index (Phi) is 4.54. The number of hydrogen-bond acceptors (Lipinski definition) is 3. The van der Waals surface area contributed by atoms with Gasteiger partial charge in [0.25, 0.3) is 0 Å². The zero-order valence-electron chi connectivity index (χ0n) is 9.46. The summed E-state index contributed by atoms with van der Waals surface area (Å²) in [5.74, 6) is 0.0989. The summed E-state index contributed by atoms with van der Waals surface area (Å²) in [5.41, 5.74) is 5.35. The predicted molar refractivity (Wildman–Crippen MR) is 59.3 cm³/mol. The van der Waals surface area contributed by atoms with Crippen LogP contribution in [0.1, 0.15) is 39.0 Å². The quantitative estimate of drug-likeness (QED) is 0.560. The van der Waals surface area contributed by atoms with E-state index >= 15 is 0 Å². The lowest BCUT2D eigenvalue weighted by molar-refractivity contribution is -0.135. The molecule has 0 saturated heterocycles. The molecule has 0 aromatic carbocycles. The van der Waals surface area contributed by atoms with Crippen LogP contribution in [-0.4, -0.2) is 30.2 Å². The number of aliphatic hydroxyl groups is 1. The lowest BCUT2D eigenvalue weighted by atomic mass is 9.68. The summed E-state index contributed by atoms with van der Waals surface area (Å²) in [6.07, 6.45) is 4.23. The SMILES string of the molecule is CC(O)CCCNC(=O)C1(CN)CCC1. The van der Waals surface area contributed by atoms with Crippen molar-refractivity contribution in [3.05, 3.63) is 0 Å². The number of hydrogen-bond donors (Lipinski definition) is 3. The van der Waals surface area contributed by atoms with E-state index in [2.05, 4.69) is 5.32 Å². The number of carbonyl (C=O) groups excluding carboxylic acids is 1. The molecule has 0 radical (unpaired) electrons. The predicted octanol–water partition coefficient (Wildman–Crippen LogP) is 0.393. The molecule has 1 rings (SSSR count). The molecule has 0 heterocycles. The molecular formula is C11H22N2O2. The topological polar surface area (TPSA) is 75.3 Å². The first-order valence-corrected chi connectivity index (χ1v) is 5.77. The van der Waals surface area contributed by atoms with E-state index in [4.69, 9.17) is 10.8 Å². The molecule has 4 heteroatoms. The maximum atomic E-state index is 11.8. The fourth-order valence-corrected chi connectivity index (χ4v) is 1.91. The molecule has 88 valence electrons. The maximum Gasteiger partial charge on any atom is 0.227 e. The van der Waals surface area contributed by atoms with Crippen LogP contribution in [0.15, 0.2) is 0 Å². The summed E-state index contributed by atoms with van der Waals surface area (Å²) >= 11 is 0. The largest absolute Gasteiger partial charge is 0.393 e. The van der Waals surface area contributed by atoms with E-state index in [1.54, 1.807) is 6.92 Å². The van der Waals surface area contributed by atoms with Crippen LogP contribution in [0.2, 0.25) is 0 Å². The van der Waals surface area contributed by atoms with Crippen molar-refractivity contribution in [2.24, 2.45) is 11.1 Å². The van der Waals surface area contributed by atoms with Crippen molar-refractivity contribution < 1.29 is 9.90 Å². The van der Waals surface area contributed by atoms with E-state index in [1.807, 2.05) is 0 Å². The minimum atomic E-state index is -0.283. The summed E-state index contributed by atoms with van der Waals surface area (Å²) in [6, 6.07) is 0. The third-order valence-electron chi connectivity index (χ3n) is 3.27. The van der Waals surface area contributed by atoms with Crippen LogP contribution in [0.4, 0.5) is 0 Å². The summed E-state index contributed by atoms with van der Waals surface area (Å²) in [6.45, 7) is 2.86. The van der Waals surface area contributed by atoms with Crippen LogP contribution in [-0.2, 0) is 4.79 Å². The molecule has 1 saturated carbocycles. The molecule has 0 aromatic heterocycles. The summed E-state index contributed by atoms with van der Waals surface area (Å²) in [5, 5.41) is 11.9. The highest BCUT2D eigenvalue weighted by Crippen LogP contribution is 2.39. The van der Waals surface area contributed by atoms with Gasteiger partial charge in [-0.05, 0) is 32.6 Å². The Labute approximate surface area is 91.2 Å². The highest BCUT2D eigenvalue weighted by atomic mass is 16.3. The van der Waals surface area contributed by atoms with Crippen LogP contribution in [0.25, 0.3) is 0 Å². The molecule has 1 unspecified atom stereocenters. The lowest BCUT2D eigenvalue weighted by Gasteiger charge is -2.39. The summed E-state index contributed by atoms with van der Waals surface area (Å²) < 4.78 is 0. The Morgan fingerprint density at radius 1 is 1.60 bits per heavy atom. The van der Waals surface area contributed by atoms with Gasteiger partial charge in [-0.3, -0.25) is 4.79 Å². The molecule has 4 N–H and O–H groups in total. The van der Waals surface area contributed by atoms with Crippen LogP contribution in [0.3, 0.4) is 0 Å². The maximum absolute atomic E-state index is 11.8. The monoisotopic (exact) mass is 214 g/mol. The molecule has 1 aliphatic rings. The van der Waals surface area contributed by atoms with Crippen LogP contribution in [0.5, 0.6) is 0 Å². The summed E-state index contributed by atoms with van der Waals surface area (Å²) in [7, 11) is 0. The lowest BCUT2D eigenvalue weighted by Crippen LogP contribution is -2.50. The molecule has 0 aromatic rings. The molecule has 1 aliphatic carbocycles. The van der Waals surface area contributed by atoms with Gasteiger partial charge in [-0.25, -0.2) is 0 Å². The van der Waals surface area contributed by atoms with Gasteiger partial charge in [0.1, 0.15) is 0 Å². The number of nitrogens with one attached hydrogen (secondary N) is 1. The number of amides is 1. The van der Waals surface area contributed by atoms with E-state index in [1.165, 1.54) is 0 Å². The molecule has 1 atom stereocenters. The number of carbonyl (C=O) groups is 1. The Balaban J connectivity index is 2.18. The second-order valence-electron chi connectivity index (χ2n) is 4.59. The van der Waals surface area contributed by atoms with E-state index in [-0.39, 0.29) is 17.4 Å². The average molecular weight is 214 g/mol. The Bertz CT molecular complexity index is 207. The van der Waals surface area contributed by atoms with Crippen LogP contribution in [0, 0.1) is 5.41 Å². The standard InChI is InChI=1S/C11H22N2O2/c1-9(14)4-2-7-13-10(15)11(8-12)5-3-6-11/h9,14H,2-8,12H2,1H3,(H,13,15). The van der Waals surface area contributed by atoms with Gasteiger partial charge >= 0.3 is 0 Å². The van der Waals surface area contributed by atoms with Gasteiger partial charge in [0.2, 0.25) is 5.91 Å². The second kappa shape index (κ2) is 5.47. The first kappa shape index (κ1) is 12.5. The van der Waals surface area contributed by atoms with Gasteiger partial charge < -0.3 is 16.2 Å². The average Bonchev–Trinajstić information content (AvgIpc) is 2.11. The number of aliphatic hydroxyl groups excluding tert-OH is 1. The number of rotatable bonds is 6. The van der Waals surface area contributed by atoms with Gasteiger partial charge in [-0.15, -0.1) is 0 Å². The second-order valence-corrected chi connectivity index (χ2v) is 4.59. The van der Waals surface area contributed by atoms with E-state index in [9.17, 15) is 4.79 Å². The molecule has 15 heavy (non-hydrogen) atoms. The zero-order chi connectivity index (χ0) is 11.3. The van der Waals surface area contributed by atoms with Crippen molar-refractivity contribution in [1.29, 1.82) is 0 Å². The highest BCUT2D eigenvalue weighted by molar-refractivity contribution is 5.83. The minimum absolute atomic E-state index is 0.0989. The zero-order valence-corrected chi connectivity index (χ0v) is 9.46. The van der Waals surface area contributed by atoms with Crippen LogP contribution < -0.4 is 11.1 Å². The Morgan fingerprint density at radius 2 is 2.27 bits per heavy atom. The Hall–Kier alpha value is -0.610. The third-order valence-corrected chi connectivity index (χ3v) is 3.27. The molecule has 0 aliphatic heterocycles. The van der Waals surface area contributed by atoms with Crippen molar-refractivity contribution in [3.8, 4) is 0 Å². The first-order chi connectivity index (χ1) is 7.10. The molecule has 0 spiro atoms. The normalized spacial score (nSPS) is 20.5. The van der Waals surface area contributed by atoms with Crippen LogP contribution >= 0.6 is 0 Å². The van der Waals surface area contributed by atoms with Crippen molar-refractivity contribution >= 4 is 5.91 Å². The molecule has 0 bridgehead atoms. The van der Waals surface area contributed by atoms with Gasteiger partial charge in [0, 0.05) is 13.1 Å². The summed E-state index contributed by atoms with van der Waals surface area (Å²) in [4.78, 5) is 11.8. The first-order valence-electron chi connectivity index (χ1n) is 5.77. The molecule has 4 nitrogen and oxygen atoms in total. The fourth-order valence-electron chi connectivity index (χ4n) is 1.91. The Morgan fingerprint density at radius 3 is 2.67 bits per heavy atom. The third kappa shape index (κ3) is 3.18. The van der Waals surface area contributed by atoms with Crippen molar-refractivity contribution in [1.82, 2.24) is 5.32 Å². The van der Waals surface area contributed by atoms with Gasteiger partial charge in [0.15, 0.2) is 0 Å². The minimum Gasteiger partial charge on any atom is -0.393 e. The van der Waals surface area contributed by atoms with Crippen molar-refractivity contribution in [3.63, 3.8) is 0 Å². The highest BCUT2D eigenvalue weighted by Gasteiger charge is 2.42. The fraction of sp³-hybridized carbons (Fsp3) is 0.909. The molecule has 1 amide bonds. The molecule has 1 fully saturated rings. The van der Waals surface area contributed by atoms with E-state index < -0.39 is 0 Å². The van der Waals surface area contributed by atoms with Crippen molar-refractivity contribution in [2.45, 2.75) is 45.1 Å². The van der Waals surface area contributed by atoms with E-state index in [0.29, 0.717) is 13.1 Å². The smallest absolute Gasteiger partial charge is 0.227 e. The van der Waals surface area contributed by atoms with Gasteiger partial charge in [-0.1, -0.05) is 6.42 Å².